The molecular weight excluding hydrogens is 328 g/mol. The Labute approximate surface area is 147 Å². The number of carboxylic acids is 1. The topological polar surface area (TPSA) is 165 Å². The van der Waals surface area contributed by atoms with Crippen molar-refractivity contribution in [3.63, 3.8) is 0 Å². The number of primary amides is 1. The fraction of sp³-hybridized carbons (Fsp3) is 0.750. The van der Waals surface area contributed by atoms with Crippen molar-refractivity contribution in [1.82, 2.24) is 10.6 Å². The van der Waals surface area contributed by atoms with Gasteiger partial charge in [-0.15, -0.1) is 0 Å². The molecule has 3 amide bonds. The summed E-state index contributed by atoms with van der Waals surface area (Å²) >= 11 is 0. The fourth-order valence-electron chi connectivity index (χ4n) is 2.10. The second kappa shape index (κ2) is 10.7. The molecule has 0 unspecified atom stereocenters. The Hall–Kier alpha value is -2.16. The molecule has 0 saturated heterocycles. The van der Waals surface area contributed by atoms with E-state index in [0.717, 1.165) is 0 Å². The van der Waals surface area contributed by atoms with Gasteiger partial charge in [-0.25, -0.2) is 4.79 Å². The van der Waals surface area contributed by atoms with Gasteiger partial charge in [-0.05, 0) is 18.3 Å². The monoisotopic (exact) mass is 358 g/mol. The quantitative estimate of drug-likeness (QED) is 0.329. The molecule has 0 fully saturated rings. The number of amides is 3. The number of hydrogen-bond donors (Lipinski definition) is 5. The lowest BCUT2D eigenvalue weighted by atomic mass is 9.97. The van der Waals surface area contributed by atoms with Crippen LogP contribution in [0, 0.1) is 11.8 Å². The van der Waals surface area contributed by atoms with E-state index in [1.807, 2.05) is 13.8 Å². The zero-order chi connectivity index (χ0) is 19.7. The molecule has 0 aromatic carbocycles. The molecule has 9 nitrogen and oxygen atoms in total. The van der Waals surface area contributed by atoms with Crippen LogP contribution in [-0.2, 0) is 19.2 Å². The summed E-state index contributed by atoms with van der Waals surface area (Å²) in [4.78, 5) is 46.6. The highest BCUT2D eigenvalue weighted by Gasteiger charge is 2.30. The molecule has 4 atom stereocenters. The molecule has 0 radical (unpaired) electrons. The van der Waals surface area contributed by atoms with Crippen molar-refractivity contribution in [1.29, 1.82) is 0 Å². The second-order valence-corrected chi connectivity index (χ2v) is 6.55. The smallest absolute Gasteiger partial charge is 0.326 e. The van der Waals surface area contributed by atoms with Gasteiger partial charge < -0.3 is 27.2 Å². The maximum Gasteiger partial charge on any atom is 0.326 e. The van der Waals surface area contributed by atoms with E-state index < -0.39 is 41.8 Å². The number of carbonyl (C=O) groups is 4. The highest BCUT2D eigenvalue weighted by Crippen LogP contribution is 2.09. The Bertz CT molecular complexity index is 495. The van der Waals surface area contributed by atoms with Crippen molar-refractivity contribution in [3.8, 4) is 0 Å². The largest absolute Gasteiger partial charge is 0.480 e. The second-order valence-electron chi connectivity index (χ2n) is 6.55. The predicted octanol–water partition coefficient (Wildman–Crippen LogP) is -0.664. The molecular formula is C16H30N4O5. The summed E-state index contributed by atoms with van der Waals surface area (Å²) in [5.74, 6) is -3.38. The van der Waals surface area contributed by atoms with Gasteiger partial charge in [0.25, 0.3) is 0 Å². The van der Waals surface area contributed by atoms with Crippen LogP contribution in [0.3, 0.4) is 0 Å². The van der Waals surface area contributed by atoms with Crippen LogP contribution in [0.15, 0.2) is 0 Å². The third-order valence-electron chi connectivity index (χ3n) is 4.10. The third-order valence-corrected chi connectivity index (χ3v) is 4.10. The van der Waals surface area contributed by atoms with E-state index in [0.29, 0.717) is 6.42 Å². The van der Waals surface area contributed by atoms with Crippen LogP contribution in [0.25, 0.3) is 0 Å². The average Bonchev–Trinajstić information content (AvgIpc) is 2.53. The standard InChI is InChI=1S/C16H30N4O5/c1-5-9(4)12(18)14(22)20-13(8(2)3)15(23)19-10(16(24)25)6-7-11(17)21/h8-10,12-13H,5-7,18H2,1-4H3,(H2,17,21)(H,19,23)(H,20,22)(H,24,25)/t9-,10-,12-,13-/m0/s1. The lowest BCUT2D eigenvalue weighted by Gasteiger charge is -2.26. The summed E-state index contributed by atoms with van der Waals surface area (Å²) in [7, 11) is 0. The molecule has 144 valence electrons. The van der Waals surface area contributed by atoms with Gasteiger partial charge in [0.1, 0.15) is 12.1 Å². The van der Waals surface area contributed by atoms with Gasteiger partial charge in [0.05, 0.1) is 6.04 Å². The molecule has 0 spiro atoms. The van der Waals surface area contributed by atoms with E-state index in [-0.39, 0.29) is 24.7 Å². The Kier molecular flexibility index (Phi) is 9.73. The van der Waals surface area contributed by atoms with E-state index in [1.54, 1.807) is 13.8 Å². The molecule has 9 heteroatoms. The van der Waals surface area contributed by atoms with Crippen molar-refractivity contribution < 1.29 is 24.3 Å². The van der Waals surface area contributed by atoms with Crippen molar-refractivity contribution in [2.45, 2.75) is 65.1 Å². The molecule has 0 aromatic rings. The van der Waals surface area contributed by atoms with Gasteiger partial charge in [0.2, 0.25) is 17.7 Å². The highest BCUT2D eigenvalue weighted by molar-refractivity contribution is 5.92. The molecule has 0 aromatic heterocycles. The summed E-state index contributed by atoms with van der Waals surface area (Å²) in [5, 5.41) is 14.1. The molecule has 7 N–H and O–H groups in total. The van der Waals surface area contributed by atoms with E-state index in [9.17, 15) is 19.2 Å². The Morgan fingerprint density at radius 1 is 1.04 bits per heavy atom. The van der Waals surface area contributed by atoms with Crippen LogP contribution in [0.4, 0.5) is 0 Å². The maximum atomic E-state index is 12.4. The van der Waals surface area contributed by atoms with Crippen molar-refractivity contribution in [2.75, 3.05) is 0 Å². The molecule has 0 aliphatic carbocycles. The van der Waals surface area contributed by atoms with Gasteiger partial charge in [0.15, 0.2) is 0 Å². The van der Waals surface area contributed by atoms with Crippen LogP contribution >= 0.6 is 0 Å². The van der Waals surface area contributed by atoms with Crippen LogP contribution in [0.5, 0.6) is 0 Å². The molecule has 0 bridgehead atoms. The van der Waals surface area contributed by atoms with E-state index in [1.165, 1.54) is 0 Å². The first-order valence-corrected chi connectivity index (χ1v) is 8.38. The molecule has 25 heavy (non-hydrogen) atoms. The first-order valence-electron chi connectivity index (χ1n) is 8.38. The SMILES string of the molecule is CC[C@H](C)[C@H](N)C(=O)N[C@H](C(=O)N[C@@H](CCC(N)=O)C(=O)O)C(C)C. The lowest BCUT2D eigenvalue weighted by molar-refractivity contribution is -0.142. The third kappa shape index (κ3) is 7.97. The minimum absolute atomic E-state index is 0.0572. The van der Waals surface area contributed by atoms with Crippen LogP contribution in [0.1, 0.15) is 47.0 Å². The minimum atomic E-state index is -1.28. The molecule has 0 aliphatic rings. The first kappa shape index (κ1) is 22.8. The summed E-state index contributed by atoms with van der Waals surface area (Å²) in [5.41, 5.74) is 10.9. The Balaban J connectivity index is 5.00. The summed E-state index contributed by atoms with van der Waals surface area (Å²) in [6.45, 7) is 7.18. The van der Waals surface area contributed by atoms with Crippen molar-refractivity contribution >= 4 is 23.7 Å². The summed E-state index contributed by atoms with van der Waals surface area (Å²) in [6, 6.07) is -2.95. The van der Waals surface area contributed by atoms with E-state index in [4.69, 9.17) is 16.6 Å². The van der Waals surface area contributed by atoms with E-state index >= 15 is 0 Å². The van der Waals surface area contributed by atoms with Gasteiger partial charge in [-0.3, -0.25) is 14.4 Å². The van der Waals surface area contributed by atoms with Gasteiger partial charge in [-0.2, -0.15) is 0 Å². The molecule has 0 heterocycles. The van der Waals surface area contributed by atoms with Crippen molar-refractivity contribution in [2.24, 2.45) is 23.3 Å². The fourth-order valence-corrected chi connectivity index (χ4v) is 2.10. The number of rotatable bonds is 11. The lowest BCUT2D eigenvalue weighted by Crippen LogP contribution is -2.57. The number of aliphatic carboxylic acids is 1. The van der Waals surface area contributed by atoms with Crippen LogP contribution < -0.4 is 22.1 Å². The maximum absolute atomic E-state index is 12.4. The predicted molar refractivity (Wildman–Crippen MR) is 92.2 cm³/mol. The summed E-state index contributed by atoms with van der Waals surface area (Å²) in [6.07, 6.45) is 0.414. The Morgan fingerprint density at radius 3 is 2.00 bits per heavy atom. The normalized spacial score (nSPS) is 15.8. The molecule has 0 aliphatic heterocycles. The van der Waals surface area contributed by atoms with Crippen LogP contribution in [-0.4, -0.2) is 46.9 Å². The number of carbonyl (C=O) groups excluding carboxylic acids is 3. The van der Waals surface area contributed by atoms with Gasteiger partial charge in [0, 0.05) is 6.42 Å². The number of nitrogens with two attached hydrogens (primary N) is 2. The zero-order valence-electron chi connectivity index (χ0n) is 15.2. The highest BCUT2D eigenvalue weighted by atomic mass is 16.4. The van der Waals surface area contributed by atoms with E-state index in [2.05, 4.69) is 10.6 Å². The molecule has 0 saturated carbocycles. The Morgan fingerprint density at radius 2 is 1.60 bits per heavy atom. The average molecular weight is 358 g/mol. The first-order chi connectivity index (χ1) is 11.5. The summed E-state index contributed by atoms with van der Waals surface area (Å²) < 4.78 is 0. The van der Waals surface area contributed by atoms with Gasteiger partial charge >= 0.3 is 5.97 Å². The van der Waals surface area contributed by atoms with Crippen LogP contribution in [0.2, 0.25) is 0 Å². The number of nitrogens with one attached hydrogen (secondary N) is 2. The minimum Gasteiger partial charge on any atom is -0.480 e. The zero-order valence-corrected chi connectivity index (χ0v) is 15.2. The number of carboxylic acid groups (broad SMARTS) is 1. The van der Waals surface area contributed by atoms with Gasteiger partial charge in [-0.1, -0.05) is 34.1 Å². The molecule has 0 rings (SSSR count). The number of hydrogen-bond acceptors (Lipinski definition) is 5. The van der Waals surface area contributed by atoms with Crippen molar-refractivity contribution in [3.05, 3.63) is 0 Å².